The lowest BCUT2D eigenvalue weighted by Crippen LogP contribution is -2.65. The Morgan fingerprint density at radius 3 is 2.71 bits per heavy atom. The minimum absolute atomic E-state index is 0.0358. The van der Waals surface area contributed by atoms with Gasteiger partial charge in [-0.3, -0.25) is 9.44 Å². The van der Waals surface area contributed by atoms with E-state index in [1.165, 1.54) is 7.05 Å². The Morgan fingerprint density at radius 1 is 1.19 bits per heavy atom. The number of likely N-dealkylation sites (tertiary alicyclic amines) is 1. The van der Waals surface area contributed by atoms with Crippen LogP contribution < -0.4 is 16.0 Å². The number of nitrogens with one attached hydrogen (secondary N) is 3. The molecule has 3 heterocycles. The highest BCUT2D eigenvalue weighted by atomic mass is 16.6. The maximum atomic E-state index is 13.4. The Kier molecular flexibility index (Phi) is 6.23. The number of amides is 2. The van der Waals surface area contributed by atoms with E-state index in [1.807, 2.05) is 25.1 Å². The van der Waals surface area contributed by atoms with Crippen LogP contribution in [0.4, 0.5) is 5.69 Å². The van der Waals surface area contributed by atoms with Gasteiger partial charge in [0.25, 0.3) is 0 Å². The lowest BCUT2D eigenvalue weighted by Gasteiger charge is -2.54. The second-order valence-electron chi connectivity index (χ2n) is 10.1. The number of quaternary nitrogens is 1. The van der Waals surface area contributed by atoms with Crippen molar-refractivity contribution in [1.82, 2.24) is 10.6 Å². The van der Waals surface area contributed by atoms with E-state index in [-0.39, 0.29) is 35.9 Å². The topological polar surface area (TPSA) is 93.3 Å². The van der Waals surface area contributed by atoms with Gasteiger partial charge < -0.3 is 21.2 Å². The molecule has 4 rings (SSSR count). The molecule has 7 heteroatoms. The number of hydroxylamine groups is 3. The third kappa shape index (κ3) is 4.42. The molecule has 3 aliphatic heterocycles. The Morgan fingerprint density at radius 2 is 1.97 bits per heavy atom. The number of likely N-dealkylation sites (N-methyl/N-ethyl adjacent to an activating group) is 1. The van der Waals surface area contributed by atoms with Crippen LogP contribution in [0.25, 0.3) is 0 Å². The first-order valence-corrected chi connectivity index (χ1v) is 11.7. The van der Waals surface area contributed by atoms with Crippen LogP contribution in [0.3, 0.4) is 0 Å². The van der Waals surface area contributed by atoms with Gasteiger partial charge in [0.2, 0.25) is 5.91 Å². The van der Waals surface area contributed by atoms with Gasteiger partial charge in [-0.25, -0.2) is 4.79 Å². The predicted molar refractivity (Wildman–Crippen MR) is 121 cm³/mol. The Labute approximate surface area is 185 Å². The molecule has 0 aliphatic carbocycles. The molecule has 31 heavy (non-hydrogen) atoms. The van der Waals surface area contributed by atoms with Crippen LogP contribution in [0.1, 0.15) is 63.0 Å². The number of benzene rings is 1. The highest BCUT2D eigenvalue weighted by molar-refractivity contribution is 5.95. The quantitative estimate of drug-likeness (QED) is 0.509. The van der Waals surface area contributed by atoms with Crippen molar-refractivity contribution in [2.75, 3.05) is 18.9 Å². The molecule has 170 valence electrons. The van der Waals surface area contributed by atoms with Crippen molar-refractivity contribution in [2.24, 2.45) is 5.92 Å². The van der Waals surface area contributed by atoms with E-state index in [9.17, 15) is 14.8 Å². The molecule has 2 amide bonds. The smallest absolute Gasteiger partial charge is 0.321 e. The van der Waals surface area contributed by atoms with Gasteiger partial charge in [0, 0.05) is 36.7 Å². The summed E-state index contributed by atoms with van der Waals surface area (Å²) >= 11 is 0. The minimum atomic E-state index is -0.804. The summed E-state index contributed by atoms with van der Waals surface area (Å²) in [6.45, 7) is 6.92. The van der Waals surface area contributed by atoms with Crippen molar-refractivity contribution < 1.29 is 14.2 Å². The molecule has 7 atom stereocenters. The number of fused-ring (bicyclic) bond motifs is 1. The zero-order valence-electron chi connectivity index (χ0n) is 19.1. The zero-order chi connectivity index (χ0) is 22.3. The van der Waals surface area contributed by atoms with Crippen LogP contribution in [-0.4, -0.2) is 54.2 Å². The maximum Gasteiger partial charge on any atom is 0.321 e. The second-order valence-corrected chi connectivity index (χ2v) is 10.1. The van der Waals surface area contributed by atoms with E-state index in [0.717, 1.165) is 43.4 Å². The van der Waals surface area contributed by atoms with Gasteiger partial charge >= 0.3 is 5.91 Å². The maximum absolute atomic E-state index is 13.4. The lowest BCUT2D eigenvalue weighted by atomic mass is 9.74. The molecular formula is C24H36N4O3. The summed E-state index contributed by atoms with van der Waals surface area (Å²) < 4.78 is -0.804. The standard InChI is InChI=1S/C24H36N4O3/c1-14-8-9-18(27-23(29)21-7-5-6-15(2)26-21)12-19(14)20-11-17-13-25-16(3)10-22(17)28(4,31)24(20)30/h8-9,12,15-17,20-22,25-26H,5-7,10-11,13H2,1-4H3,(H,27,29). The third-order valence-electron chi connectivity index (χ3n) is 7.63. The van der Waals surface area contributed by atoms with Gasteiger partial charge in [0.05, 0.1) is 13.1 Å². The molecule has 0 bridgehead atoms. The second kappa shape index (κ2) is 8.62. The molecule has 3 aliphatic rings. The number of hydrogen-bond donors (Lipinski definition) is 3. The monoisotopic (exact) mass is 428 g/mol. The summed E-state index contributed by atoms with van der Waals surface area (Å²) in [6.07, 6.45) is 4.36. The molecule has 7 nitrogen and oxygen atoms in total. The summed E-state index contributed by atoms with van der Waals surface area (Å²) in [5.74, 6) is -0.563. The van der Waals surface area contributed by atoms with Gasteiger partial charge in [-0.15, -0.1) is 0 Å². The summed E-state index contributed by atoms with van der Waals surface area (Å²) in [5, 5.41) is 23.3. The highest BCUT2D eigenvalue weighted by Gasteiger charge is 2.50. The number of nitrogens with zero attached hydrogens (tertiary/aromatic N) is 1. The average molecular weight is 429 g/mol. The summed E-state index contributed by atoms with van der Waals surface area (Å²) in [5.41, 5.74) is 2.54. The van der Waals surface area contributed by atoms with Crippen LogP contribution in [0.2, 0.25) is 0 Å². The van der Waals surface area contributed by atoms with Crippen molar-refractivity contribution in [3.63, 3.8) is 0 Å². The Hall–Kier alpha value is -1.80. The number of carbonyl (C=O) groups excluding carboxylic acids is 2. The molecule has 0 aromatic heterocycles. The van der Waals surface area contributed by atoms with Crippen LogP contribution in [0.5, 0.6) is 0 Å². The first kappa shape index (κ1) is 22.4. The number of anilines is 1. The van der Waals surface area contributed by atoms with Crippen LogP contribution in [0.15, 0.2) is 18.2 Å². The molecule has 1 aromatic carbocycles. The SMILES string of the molecule is Cc1ccc(NC(=O)C2CCCC(C)N2)cc1C1CC2CNC(C)CC2[N+](C)([O-])C1=O. The average Bonchev–Trinajstić information content (AvgIpc) is 2.73. The normalized spacial score (nSPS) is 38.4. The number of piperidine rings is 3. The molecule has 3 fully saturated rings. The first-order chi connectivity index (χ1) is 14.7. The number of hydrogen-bond acceptors (Lipinski definition) is 5. The van der Waals surface area contributed by atoms with E-state index < -0.39 is 10.6 Å². The molecule has 3 saturated heterocycles. The molecular weight excluding hydrogens is 392 g/mol. The summed E-state index contributed by atoms with van der Waals surface area (Å²) in [7, 11) is 1.53. The van der Waals surface area contributed by atoms with E-state index in [4.69, 9.17) is 0 Å². The van der Waals surface area contributed by atoms with E-state index in [2.05, 4.69) is 29.8 Å². The van der Waals surface area contributed by atoms with Gasteiger partial charge in [-0.05, 0) is 69.7 Å². The summed E-state index contributed by atoms with van der Waals surface area (Å²) in [6, 6.07) is 5.95. The third-order valence-corrected chi connectivity index (χ3v) is 7.63. The fourth-order valence-electron chi connectivity index (χ4n) is 5.77. The number of carbonyl (C=O) groups is 2. The van der Waals surface area contributed by atoms with Crippen molar-refractivity contribution >= 4 is 17.5 Å². The van der Waals surface area contributed by atoms with Crippen molar-refractivity contribution in [3.8, 4) is 0 Å². The van der Waals surface area contributed by atoms with Crippen molar-refractivity contribution in [1.29, 1.82) is 0 Å². The van der Waals surface area contributed by atoms with Gasteiger partial charge in [-0.1, -0.05) is 6.07 Å². The van der Waals surface area contributed by atoms with E-state index in [0.29, 0.717) is 18.2 Å². The van der Waals surface area contributed by atoms with Crippen molar-refractivity contribution in [2.45, 2.75) is 83.0 Å². The molecule has 0 radical (unpaired) electrons. The van der Waals surface area contributed by atoms with Gasteiger partial charge in [0.1, 0.15) is 12.0 Å². The largest absolute Gasteiger partial charge is 0.625 e. The Balaban J connectivity index is 1.55. The number of aryl methyl sites for hydroxylation is 1. The molecule has 0 spiro atoms. The highest BCUT2D eigenvalue weighted by Crippen LogP contribution is 2.42. The van der Waals surface area contributed by atoms with Crippen LogP contribution in [0, 0.1) is 18.0 Å². The van der Waals surface area contributed by atoms with E-state index in [1.54, 1.807) is 0 Å². The van der Waals surface area contributed by atoms with Crippen molar-refractivity contribution in [3.05, 3.63) is 34.5 Å². The predicted octanol–water partition coefficient (Wildman–Crippen LogP) is 2.79. The number of rotatable bonds is 3. The van der Waals surface area contributed by atoms with Crippen LogP contribution >= 0.6 is 0 Å². The zero-order valence-corrected chi connectivity index (χ0v) is 19.1. The van der Waals surface area contributed by atoms with Crippen LogP contribution in [-0.2, 0) is 9.59 Å². The molecule has 1 aromatic rings. The first-order valence-electron chi connectivity index (χ1n) is 11.7. The van der Waals surface area contributed by atoms with Gasteiger partial charge in [-0.2, -0.15) is 0 Å². The molecule has 0 saturated carbocycles. The minimum Gasteiger partial charge on any atom is -0.625 e. The lowest BCUT2D eigenvalue weighted by molar-refractivity contribution is -0.822. The van der Waals surface area contributed by atoms with Gasteiger partial charge in [0.15, 0.2) is 0 Å². The molecule has 3 N–H and O–H groups in total. The summed E-state index contributed by atoms with van der Waals surface area (Å²) in [4.78, 5) is 26.1. The van der Waals surface area contributed by atoms with E-state index >= 15 is 0 Å². The fourth-order valence-corrected chi connectivity index (χ4v) is 5.77. The Bertz CT molecular complexity index is 855. The molecule has 7 unspecified atom stereocenters. The fraction of sp³-hybridized carbons (Fsp3) is 0.667.